The topological polar surface area (TPSA) is 66.4 Å². The van der Waals surface area contributed by atoms with Gasteiger partial charge in [0.1, 0.15) is 5.70 Å². The van der Waals surface area contributed by atoms with E-state index in [1.807, 2.05) is 36.4 Å². The van der Waals surface area contributed by atoms with Crippen molar-refractivity contribution in [2.24, 2.45) is 0 Å². The van der Waals surface area contributed by atoms with Gasteiger partial charge in [-0.05, 0) is 42.5 Å². The number of benzene rings is 2. The summed E-state index contributed by atoms with van der Waals surface area (Å²) >= 11 is 9.09. The van der Waals surface area contributed by atoms with Crippen molar-refractivity contribution in [3.05, 3.63) is 87.9 Å². The summed E-state index contributed by atoms with van der Waals surface area (Å²) in [6.45, 7) is 0. The first-order valence-electron chi connectivity index (χ1n) is 7.86. The van der Waals surface area contributed by atoms with E-state index in [0.29, 0.717) is 10.6 Å². The Hall–Kier alpha value is -2.54. The number of carboxylic acid groups (broad SMARTS) is 1. The lowest BCUT2D eigenvalue weighted by Crippen LogP contribution is -2.27. The first-order valence-corrected chi connectivity index (χ1v) is 9.87. The van der Waals surface area contributed by atoms with E-state index in [-0.39, 0.29) is 5.70 Å². The van der Waals surface area contributed by atoms with Crippen LogP contribution in [0, 0.1) is 0 Å². The molecule has 136 valence electrons. The quantitative estimate of drug-likeness (QED) is 0.528. The molecule has 0 aliphatic heterocycles. The molecule has 4 nitrogen and oxygen atoms in total. The number of aliphatic carboxylic acids is 1. The molecule has 0 saturated heterocycles. The van der Waals surface area contributed by atoms with Crippen molar-refractivity contribution in [3.63, 3.8) is 0 Å². The van der Waals surface area contributed by atoms with E-state index in [2.05, 4.69) is 5.32 Å². The van der Waals surface area contributed by atoms with Gasteiger partial charge in [-0.15, -0.1) is 11.3 Å². The number of carbonyl (C=O) groups excluding carboxylic acids is 1. The fourth-order valence-corrected chi connectivity index (χ4v) is 4.50. The van der Waals surface area contributed by atoms with Crippen LogP contribution in [0.4, 0.5) is 0 Å². The number of nitrogens with one attached hydrogen (secondary N) is 1. The number of carboxylic acids is 1. The number of amides is 1. The Balaban J connectivity index is 1.77. The molecule has 0 aliphatic carbocycles. The first-order chi connectivity index (χ1) is 13.0. The predicted molar refractivity (Wildman–Crippen MR) is 109 cm³/mol. The molecule has 1 heterocycles. The second kappa shape index (κ2) is 8.90. The molecule has 0 unspecified atom stereocenters. The molecule has 1 aromatic heterocycles. The van der Waals surface area contributed by atoms with E-state index in [1.165, 1.54) is 29.2 Å². The Morgan fingerprint density at radius 3 is 2.41 bits per heavy atom. The molecule has 2 aromatic carbocycles. The molecule has 0 atom stereocenters. The van der Waals surface area contributed by atoms with Crippen LogP contribution in [-0.2, 0) is 4.79 Å². The van der Waals surface area contributed by atoms with Crippen molar-refractivity contribution in [2.45, 2.75) is 9.10 Å². The minimum atomic E-state index is -1.20. The standard InChI is InChI=1S/C20H14ClNO3S2/c21-15-8-4-5-9-17(15)27-18-11-10-14(26-18)12-16(20(24)25)22-19(23)13-6-2-1-3-7-13/h1-12H,(H,22,23)(H,24,25)/b16-12-. The van der Waals surface area contributed by atoms with Crippen LogP contribution in [0.3, 0.4) is 0 Å². The molecule has 0 fully saturated rings. The summed E-state index contributed by atoms with van der Waals surface area (Å²) in [6.07, 6.45) is 1.45. The van der Waals surface area contributed by atoms with Crippen molar-refractivity contribution in [1.82, 2.24) is 5.32 Å². The Kier molecular flexibility index (Phi) is 6.34. The number of rotatable bonds is 6. The largest absolute Gasteiger partial charge is 0.477 e. The third kappa shape index (κ3) is 5.23. The molecule has 3 aromatic rings. The molecule has 2 N–H and O–H groups in total. The van der Waals surface area contributed by atoms with Gasteiger partial charge in [-0.2, -0.15) is 0 Å². The molecule has 0 saturated carbocycles. The second-order valence-electron chi connectivity index (χ2n) is 5.37. The Morgan fingerprint density at radius 1 is 1.00 bits per heavy atom. The van der Waals surface area contributed by atoms with Crippen LogP contribution in [-0.4, -0.2) is 17.0 Å². The predicted octanol–water partition coefficient (Wildman–Crippen LogP) is 5.41. The fraction of sp³-hybridized carbons (Fsp3) is 0. The van der Waals surface area contributed by atoms with Gasteiger partial charge in [0.05, 0.1) is 9.23 Å². The molecule has 1 amide bonds. The molecule has 0 spiro atoms. The van der Waals surface area contributed by atoms with Crippen molar-refractivity contribution in [1.29, 1.82) is 0 Å². The molecule has 0 aliphatic rings. The van der Waals surface area contributed by atoms with Gasteiger partial charge >= 0.3 is 5.97 Å². The van der Waals surface area contributed by atoms with E-state index >= 15 is 0 Å². The lowest BCUT2D eigenvalue weighted by molar-refractivity contribution is -0.132. The SMILES string of the molecule is O=C(O)/C(=C/c1ccc(Sc2ccccc2Cl)s1)NC(=O)c1ccccc1. The third-order valence-electron chi connectivity index (χ3n) is 3.45. The lowest BCUT2D eigenvalue weighted by Gasteiger charge is -2.05. The van der Waals surface area contributed by atoms with Crippen LogP contribution in [0.25, 0.3) is 6.08 Å². The maximum atomic E-state index is 12.2. The zero-order chi connectivity index (χ0) is 19.2. The first kappa shape index (κ1) is 19.2. The van der Waals surface area contributed by atoms with Crippen LogP contribution in [0.15, 0.2) is 81.5 Å². The smallest absolute Gasteiger partial charge is 0.352 e. The minimum Gasteiger partial charge on any atom is -0.477 e. The van der Waals surface area contributed by atoms with Gasteiger partial charge in [-0.25, -0.2) is 4.79 Å². The molecule has 3 rings (SSSR count). The lowest BCUT2D eigenvalue weighted by atomic mass is 10.2. The van der Waals surface area contributed by atoms with Gasteiger partial charge < -0.3 is 10.4 Å². The van der Waals surface area contributed by atoms with Crippen LogP contribution in [0.5, 0.6) is 0 Å². The average molecular weight is 416 g/mol. The van der Waals surface area contributed by atoms with Crippen LogP contribution < -0.4 is 5.32 Å². The van der Waals surface area contributed by atoms with Crippen molar-refractivity contribution in [2.75, 3.05) is 0 Å². The molecular weight excluding hydrogens is 402 g/mol. The zero-order valence-corrected chi connectivity index (χ0v) is 16.3. The maximum absolute atomic E-state index is 12.2. The molecular formula is C20H14ClNO3S2. The van der Waals surface area contributed by atoms with Crippen molar-refractivity contribution in [3.8, 4) is 0 Å². The summed E-state index contributed by atoms with van der Waals surface area (Å²) in [6, 6.07) is 19.7. The summed E-state index contributed by atoms with van der Waals surface area (Å²) in [5.41, 5.74) is 0.214. The summed E-state index contributed by atoms with van der Waals surface area (Å²) < 4.78 is 0.966. The van der Waals surface area contributed by atoms with Gasteiger partial charge in [-0.3, -0.25) is 4.79 Å². The third-order valence-corrected chi connectivity index (χ3v) is 6.13. The molecule has 7 heteroatoms. The van der Waals surface area contributed by atoms with E-state index in [9.17, 15) is 14.7 Å². The monoisotopic (exact) mass is 415 g/mol. The van der Waals surface area contributed by atoms with Gasteiger partial charge in [0.25, 0.3) is 5.91 Å². The Morgan fingerprint density at radius 2 is 1.70 bits per heavy atom. The van der Waals surface area contributed by atoms with E-state index < -0.39 is 11.9 Å². The molecule has 27 heavy (non-hydrogen) atoms. The zero-order valence-electron chi connectivity index (χ0n) is 13.9. The van der Waals surface area contributed by atoms with Gasteiger partial charge in [0.15, 0.2) is 0 Å². The van der Waals surface area contributed by atoms with Crippen molar-refractivity contribution >= 4 is 52.7 Å². The van der Waals surface area contributed by atoms with E-state index in [0.717, 1.165) is 14.0 Å². The normalized spacial score (nSPS) is 11.2. The highest BCUT2D eigenvalue weighted by atomic mass is 35.5. The molecule has 0 radical (unpaired) electrons. The second-order valence-corrected chi connectivity index (χ2v) is 8.24. The van der Waals surface area contributed by atoms with Gasteiger partial charge in [-0.1, -0.05) is 53.7 Å². The van der Waals surface area contributed by atoms with Crippen LogP contribution >= 0.6 is 34.7 Å². The van der Waals surface area contributed by atoms with Crippen molar-refractivity contribution < 1.29 is 14.7 Å². The highest BCUT2D eigenvalue weighted by Gasteiger charge is 2.14. The number of hydrogen-bond donors (Lipinski definition) is 2. The van der Waals surface area contributed by atoms with Crippen LogP contribution in [0.2, 0.25) is 5.02 Å². The summed E-state index contributed by atoms with van der Waals surface area (Å²) in [5, 5.41) is 12.5. The highest BCUT2D eigenvalue weighted by molar-refractivity contribution is 8.01. The number of thiophene rings is 1. The van der Waals surface area contributed by atoms with Crippen LogP contribution in [0.1, 0.15) is 15.2 Å². The summed E-state index contributed by atoms with van der Waals surface area (Å²) in [4.78, 5) is 25.4. The minimum absolute atomic E-state index is 0.181. The fourth-order valence-electron chi connectivity index (χ4n) is 2.18. The average Bonchev–Trinajstić information content (AvgIpc) is 3.10. The summed E-state index contributed by atoms with van der Waals surface area (Å²) in [7, 11) is 0. The maximum Gasteiger partial charge on any atom is 0.352 e. The highest BCUT2D eigenvalue weighted by Crippen LogP contribution is 2.37. The van der Waals surface area contributed by atoms with Gasteiger partial charge in [0, 0.05) is 15.3 Å². The molecule has 0 bridgehead atoms. The van der Waals surface area contributed by atoms with E-state index in [1.54, 1.807) is 30.3 Å². The Labute approximate surface area is 169 Å². The summed E-state index contributed by atoms with van der Waals surface area (Å²) in [5.74, 6) is -1.67. The number of halogens is 1. The number of hydrogen-bond acceptors (Lipinski definition) is 4. The Bertz CT molecular complexity index is 999. The number of carbonyl (C=O) groups is 2. The van der Waals surface area contributed by atoms with E-state index in [4.69, 9.17) is 11.6 Å². The van der Waals surface area contributed by atoms with Gasteiger partial charge in [0.2, 0.25) is 0 Å².